The summed E-state index contributed by atoms with van der Waals surface area (Å²) >= 11 is 0. The number of fused-ring (bicyclic) bond motifs is 1. The van der Waals surface area contributed by atoms with Gasteiger partial charge in [0.05, 0.1) is 41.7 Å². The van der Waals surface area contributed by atoms with E-state index in [1.54, 1.807) is 6.20 Å². The minimum Gasteiger partial charge on any atom is -0.381 e. The quantitative estimate of drug-likeness (QED) is 0.485. The van der Waals surface area contributed by atoms with Gasteiger partial charge in [0.1, 0.15) is 0 Å². The number of rotatable bonds is 8. The number of nitrogens with zero attached hydrogens (tertiary/aromatic N) is 4. The number of carbonyl (C=O) groups is 2. The number of carbonyl (C=O) groups excluding carboxylic acids is 2. The molecule has 8 nitrogen and oxygen atoms in total. The summed E-state index contributed by atoms with van der Waals surface area (Å²) in [5.41, 5.74) is 3.67. The van der Waals surface area contributed by atoms with Gasteiger partial charge in [0.25, 0.3) is 5.91 Å². The minimum atomic E-state index is -0.0469. The molecule has 2 amide bonds. The van der Waals surface area contributed by atoms with Crippen LogP contribution >= 0.6 is 0 Å². The lowest BCUT2D eigenvalue weighted by atomic mass is 10.0. The van der Waals surface area contributed by atoms with Crippen LogP contribution in [0.25, 0.3) is 5.69 Å². The summed E-state index contributed by atoms with van der Waals surface area (Å²) in [6.45, 7) is 7.63. The van der Waals surface area contributed by atoms with E-state index in [1.165, 1.54) is 0 Å². The average molecular weight is 528 g/mol. The third-order valence-electron chi connectivity index (χ3n) is 8.64. The van der Waals surface area contributed by atoms with Gasteiger partial charge in [0, 0.05) is 39.3 Å². The standard InChI is InChI=1S/C31H37N5O3/c1-22-28(16-32-36(22)27-10-6-3-7-11-27)31(38)35-19-25-17-34(18-26(25)20-35)14-12-29(23-8-4-2-5-9-23)33-30(37)24-13-15-39-21-24/h2-11,16,24-26,29H,12-15,17-21H2,1H3,(H,33,37)/t24?,25-,26?,29?/m0/s1. The normalized spacial score (nSPS) is 23.6. The highest BCUT2D eigenvalue weighted by atomic mass is 16.5. The van der Waals surface area contributed by atoms with Crippen molar-refractivity contribution in [1.29, 1.82) is 0 Å². The lowest BCUT2D eigenvalue weighted by Crippen LogP contribution is -2.37. The van der Waals surface area contributed by atoms with Gasteiger partial charge in [0.15, 0.2) is 0 Å². The third-order valence-corrected chi connectivity index (χ3v) is 8.64. The fourth-order valence-corrected chi connectivity index (χ4v) is 6.41. The average Bonchev–Trinajstić information content (AvgIpc) is 3.76. The van der Waals surface area contributed by atoms with Crippen molar-refractivity contribution in [3.63, 3.8) is 0 Å². The van der Waals surface area contributed by atoms with E-state index in [9.17, 15) is 9.59 Å². The molecular formula is C31H37N5O3. The van der Waals surface area contributed by atoms with Crippen LogP contribution in [0, 0.1) is 24.7 Å². The van der Waals surface area contributed by atoms with E-state index in [1.807, 2.05) is 65.0 Å². The number of hydrogen-bond donors (Lipinski definition) is 1. The zero-order chi connectivity index (χ0) is 26.8. The molecule has 1 N–H and O–H groups in total. The fourth-order valence-electron chi connectivity index (χ4n) is 6.41. The molecule has 1 aromatic heterocycles. The Morgan fingerprint density at radius 1 is 1.00 bits per heavy atom. The van der Waals surface area contributed by atoms with Crippen LogP contribution in [-0.2, 0) is 9.53 Å². The van der Waals surface area contributed by atoms with E-state index < -0.39 is 0 Å². The molecule has 0 bridgehead atoms. The Labute approximate surface area is 229 Å². The van der Waals surface area contributed by atoms with Crippen molar-refractivity contribution < 1.29 is 14.3 Å². The molecule has 3 aromatic rings. The first-order valence-corrected chi connectivity index (χ1v) is 14.1. The molecule has 0 aliphatic carbocycles. The molecule has 2 aromatic carbocycles. The molecule has 4 heterocycles. The van der Waals surface area contributed by atoms with Crippen LogP contribution in [0.15, 0.2) is 66.9 Å². The Balaban J connectivity index is 1.04. The first kappa shape index (κ1) is 25.8. The van der Waals surface area contributed by atoms with Gasteiger partial charge >= 0.3 is 0 Å². The summed E-state index contributed by atoms with van der Waals surface area (Å²) in [5, 5.41) is 7.80. The van der Waals surface area contributed by atoms with Gasteiger partial charge in [-0.15, -0.1) is 0 Å². The Bertz CT molecular complexity index is 1270. The summed E-state index contributed by atoms with van der Waals surface area (Å²) in [6.07, 6.45) is 3.37. The predicted molar refractivity (Wildman–Crippen MR) is 148 cm³/mol. The molecule has 3 aliphatic heterocycles. The van der Waals surface area contributed by atoms with Crippen LogP contribution in [0.5, 0.6) is 0 Å². The SMILES string of the molecule is Cc1c(C(=O)N2CC3CN(CCC(NC(=O)C4CCOC4)c4ccccc4)C[C@H]3C2)cnn1-c1ccccc1. The van der Waals surface area contributed by atoms with Gasteiger partial charge in [-0.3, -0.25) is 9.59 Å². The molecule has 0 saturated carbocycles. The smallest absolute Gasteiger partial charge is 0.257 e. The molecule has 3 fully saturated rings. The molecule has 0 radical (unpaired) electrons. The van der Waals surface area contributed by atoms with Crippen molar-refractivity contribution in [2.24, 2.45) is 17.8 Å². The van der Waals surface area contributed by atoms with Gasteiger partial charge in [-0.05, 0) is 49.3 Å². The zero-order valence-electron chi connectivity index (χ0n) is 22.5. The van der Waals surface area contributed by atoms with Crippen LogP contribution in [0.1, 0.15) is 40.5 Å². The summed E-state index contributed by atoms with van der Waals surface area (Å²) in [5.74, 6) is 1.10. The van der Waals surface area contributed by atoms with Crippen LogP contribution in [0.4, 0.5) is 0 Å². The molecule has 0 spiro atoms. The Morgan fingerprint density at radius 3 is 2.36 bits per heavy atom. The second-order valence-corrected chi connectivity index (χ2v) is 11.2. The molecular weight excluding hydrogens is 490 g/mol. The van der Waals surface area contributed by atoms with E-state index >= 15 is 0 Å². The summed E-state index contributed by atoms with van der Waals surface area (Å²) in [6, 6.07) is 20.2. The van der Waals surface area contributed by atoms with Crippen molar-refractivity contribution in [1.82, 2.24) is 24.9 Å². The highest BCUT2D eigenvalue weighted by molar-refractivity contribution is 5.95. The van der Waals surface area contributed by atoms with Crippen molar-refractivity contribution in [3.05, 3.63) is 83.7 Å². The molecule has 39 heavy (non-hydrogen) atoms. The third kappa shape index (κ3) is 5.49. The number of para-hydroxylation sites is 1. The number of aromatic nitrogens is 2. The summed E-state index contributed by atoms with van der Waals surface area (Å²) < 4.78 is 7.27. The van der Waals surface area contributed by atoms with Crippen LogP contribution in [0.2, 0.25) is 0 Å². The van der Waals surface area contributed by atoms with Crippen molar-refractivity contribution >= 4 is 11.8 Å². The van der Waals surface area contributed by atoms with Gasteiger partial charge in [-0.2, -0.15) is 5.10 Å². The molecule has 3 saturated heterocycles. The molecule has 6 rings (SSSR count). The van der Waals surface area contributed by atoms with Crippen molar-refractivity contribution in [2.75, 3.05) is 45.9 Å². The number of nitrogens with one attached hydrogen (secondary N) is 1. The molecule has 3 unspecified atom stereocenters. The number of likely N-dealkylation sites (tertiary alicyclic amines) is 2. The van der Waals surface area contributed by atoms with E-state index in [0.29, 0.717) is 30.6 Å². The van der Waals surface area contributed by atoms with Gasteiger partial charge in [-0.25, -0.2) is 4.68 Å². The van der Waals surface area contributed by atoms with E-state index in [0.717, 1.165) is 62.5 Å². The number of hydrogen-bond acceptors (Lipinski definition) is 5. The van der Waals surface area contributed by atoms with E-state index in [-0.39, 0.29) is 23.8 Å². The maximum atomic E-state index is 13.4. The summed E-state index contributed by atoms with van der Waals surface area (Å²) in [4.78, 5) is 30.8. The van der Waals surface area contributed by atoms with Crippen molar-refractivity contribution in [2.45, 2.75) is 25.8 Å². The summed E-state index contributed by atoms with van der Waals surface area (Å²) in [7, 11) is 0. The molecule has 204 valence electrons. The van der Waals surface area contributed by atoms with Gasteiger partial charge in [0.2, 0.25) is 5.91 Å². The van der Waals surface area contributed by atoms with E-state index in [4.69, 9.17) is 4.74 Å². The highest BCUT2D eigenvalue weighted by Crippen LogP contribution is 2.33. The molecule has 4 atom stereocenters. The Kier molecular flexibility index (Phi) is 7.48. The molecule has 8 heteroatoms. The monoisotopic (exact) mass is 527 g/mol. The van der Waals surface area contributed by atoms with Crippen LogP contribution in [-0.4, -0.2) is 77.3 Å². The van der Waals surface area contributed by atoms with Crippen LogP contribution < -0.4 is 5.32 Å². The Morgan fingerprint density at radius 2 is 1.69 bits per heavy atom. The molecule has 3 aliphatic rings. The lowest BCUT2D eigenvalue weighted by molar-refractivity contribution is -0.125. The number of amides is 2. The first-order valence-electron chi connectivity index (χ1n) is 14.1. The topological polar surface area (TPSA) is 79.7 Å². The van der Waals surface area contributed by atoms with E-state index in [2.05, 4.69) is 27.4 Å². The predicted octanol–water partition coefficient (Wildman–Crippen LogP) is 3.47. The van der Waals surface area contributed by atoms with Gasteiger partial charge in [-0.1, -0.05) is 48.5 Å². The fraction of sp³-hybridized carbons (Fsp3) is 0.452. The van der Waals surface area contributed by atoms with Crippen molar-refractivity contribution in [3.8, 4) is 5.69 Å². The van der Waals surface area contributed by atoms with Crippen LogP contribution in [0.3, 0.4) is 0 Å². The largest absolute Gasteiger partial charge is 0.381 e. The first-order chi connectivity index (χ1) is 19.1. The maximum absolute atomic E-state index is 13.4. The lowest BCUT2D eigenvalue weighted by Gasteiger charge is -2.25. The van der Waals surface area contributed by atoms with Gasteiger partial charge < -0.3 is 19.9 Å². The Hall–Kier alpha value is -3.49. The minimum absolute atomic E-state index is 0.0121. The second-order valence-electron chi connectivity index (χ2n) is 11.2. The zero-order valence-corrected chi connectivity index (χ0v) is 22.5. The number of ether oxygens (including phenoxy) is 1. The second kappa shape index (κ2) is 11.3. The number of benzene rings is 2. The highest BCUT2D eigenvalue weighted by Gasteiger charge is 2.42. The maximum Gasteiger partial charge on any atom is 0.257 e.